The lowest BCUT2D eigenvalue weighted by Gasteiger charge is -2.17. The van der Waals surface area contributed by atoms with Crippen molar-refractivity contribution in [1.29, 1.82) is 0 Å². The Morgan fingerprint density at radius 1 is 1.45 bits per heavy atom. The van der Waals surface area contributed by atoms with Crippen LogP contribution in [0.15, 0.2) is 27.2 Å². The van der Waals surface area contributed by atoms with E-state index in [-0.39, 0.29) is 6.04 Å². The van der Waals surface area contributed by atoms with E-state index in [1.807, 2.05) is 32.0 Å². The van der Waals surface area contributed by atoms with E-state index in [1.165, 1.54) is 0 Å². The first-order chi connectivity index (χ1) is 9.40. The Bertz CT molecular complexity index is 634. The van der Waals surface area contributed by atoms with Crippen LogP contribution in [0.4, 0.5) is 5.69 Å². The summed E-state index contributed by atoms with van der Waals surface area (Å²) in [5, 5.41) is 7.41. The topological polar surface area (TPSA) is 64.1 Å². The largest absolute Gasteiger partial charge is 0.389 e. The van der Waals surface area contributed by atoms with E-state index >= 15 is 0 Å². The Balaban J connectivity index is 2.24. The molecule has 0 amide bonds. The predicted molar refractivity (Wildman–Crippen MR) is 88.0 cm³/mol. The average Bonchev–Trinajstić information content (AvgIpc) is 2.71. The van der Waals surface area contributed by atoms with Crippen LogP contribution in [0.1, 0.15) is 35.5 Å². The van der Waals surface area contributed by atoms with E-state index in [4.69, 9.17) is 22.5 Å². The van der Waals surface area contributed by atoms with Gasteiger partial charge in [0.1, 0.15) is 10.7 Å². The van der Waals surface area contributed by atoms with Gasteiger partial charge >= 0.3 is 0 Å². The Labute approximate surface area is 131 Å². The summed E-state index contributed by atoms with van der Waals surface area (Å²) in [4.78, 5) is 0.385. The molecule has 0 saturated carbocycles. The Kier molecular flexibility index (Phi) is 4.45. The molecule has 3 N–H and O–H groups in total. The quantitative estimate of drug-likeness (QED) is 0.817. The summed E-state index contributed by atoms with van der Waals surface area (Å²) in [6.45, 7) is 5.92. The first-order valence-electron chi connectivity index (χ1n) is 6.18. The molecule has 0 bridgehead atoms. The highest BCUT2D eigenvalue weighted by Gasteiger charge is 2.17. The zero-order valence-electron chi connectivity index (χ0n) is 11.5. The Hall–Kier alpha value is -1.40. The van der Waals surface area contributed by atoms with Gasteiger partial charge in [-0.1, -0.05) is 17.4 Å². The van der Waals surface area contributed by atoms with Crippen LogP contribution >= 0.6 is 28.1 Å². The summed E-state index contributed by atoms with van der Waals surface area (Å²) in [6.07, 6.45) is 0. The summed E-state index contributed by atoms with van der Waals surface area (Å²) < 4.78 is 6.12. The van der Waals surface area contributed by atoms with E-state index in [1.54, 1.807) is 0 Å². The van der Waals surface area contributed by atoms with Gasteiger partial charge in [-0.15, -0.1) is 0 Å². The fourth-order valence-corrected chi connectivity index (χ4v) is 2.82. The van der Waals surface area contributed by atoms with E-state index in [9.17, 15) is 0 Å². The number of halogens is 1. The molecule has 1 unspecified atom stereocenters. The molecule has 0 aliphatic rings. The minimum atomic E-state index is 0.0910. The van der Waals surface area contributed by atoms with Gasteiger partial charge in [-0.3, -0.25) is 0 Å². The van der Waals surface area contributed by atoms with Crippen molar-refractivity contribution in [2.45, 2.75) is 26.8 Å². The van der Waals surface area contributed by atoms with Crippen LogP contribution in [0.25, 0.3) is 0 Å². The van der Waals surface area contributed by atoms with Crippen LogP contribution in [-0.4, -0.2) is 10.1 Å². The summed E-state index contributed by atoms with van der Waals surface area (Å²) in [5.41, 5.74) is 9.41. The summed E-state index contributed by atoms with van der Waals surface area (Å²) in [7, 11) is 0. The number of rotatable bonds is 4. The van der Waals surface area contributed by atoms with E-state index in [0.29, 0.717) is 4.99 Å². The van der Waals surface area contributed by atoms with Gasteiger partial charge in [-0.25, -0.2) is 0 Å². The summed E-state index contributed by atoms with van der Waals surface area (Å²) in [5.74, 6) is 0.832. The molecular formula is C14H16BrN3OS. The molecule has 1 aromatic carbocycles. The van der Waals surface area contributed by atoms with Crippen molar-refractivity contribution < 1.29 is 4.52 Å². The SMILES string of the molecule is Cc1noc(C)c1C(C)Nc1ccc(C(N)=S)cc1Br. The molecule has 0 fully saturated rings. The van der Waals surface area contributed by atoms with Gasteiger partial charge in [0.25, 0.3) is 0 Å². The molecule has 1 atom stereocenters. The number of aryl methyl sites for hydroxylation is 2. The molecule has 2 rings (SSSR count). The molecule has 20 heavy (non-hydrogen) atoms. The molecule has 4 nitrogen and oxygen atoms in total. The first-order valence-corrected chi connectivity index (χ1v) is 7.39. The summed E-state index contributed by atoms with van der Waals surface area (Å²) in [6, 6.07) is 5.85. The second-order valence-corrected chi connectivity index (χ2v) is 5.96. The highest BCUT2D eigenvalue weighted by Crippen LogP contribution is 2.29. The van der Waals surface area contributed by atoms with Gasteiger partial charge in [0.05, 0.1) is 11.7 Å². The lowest BCUT2D eigenvalue weighted by molar-refractivity contribution is 0.392. The molecule has 0 radical (unpaired) electrons. The smallest absolute Gasteiger partial charge is 0.139 e. The van der Waals surface area contributed by atoms with Crippen molar-refractivity contribution in [3.63, 3.8) is 0 Å². The molecule has 2 aromatic rings. The maximum absolute atomic E-state index is 5.62. The van der Waals surface area contributed by atoms with Gasteiger partial charge in [0, 0.05) is 21.3 Å². The number of benzene rings is 1. The number of thiocarbonyl (C=S) groups is 1. The third-order valence-corrected chi connectivity index (χ3v) is 4.04. The van der Waals surface area contributed by atoms with Crippen molar-refractivity contribution in [3.8, 4) is 0 Å². The number of hydrogen-bond donors (Lipinski definition) is 2. The number of anilines is 1. The van der Waals surface area contributed by atoms with E-state index in [0.717, 1.165) is 32.7 Å². The van der Waals surface area contributed by atoms with Crippen LogP contribution < -0.4 is 11.1 Å². The standard InChI is InChI=1S/C14H16BrN3OS/c1-7(13-8(2)18-19-9(13)3)17-12-5-4-10(14(16)20)6-11(12)15/h4-7,17H,1-3H3,(H2,16,20). The average molecular weight is 354 g/mol. The maximum atomic E-state index is 5.62. The molecule has 1 heterocycles. The number of aromatic nitrogens is 1. The summed E-state index contributed by atoms with van der Waals surface area (Å²) >= 11 is 8.50. The van der Waals surface area contributed by atoms with Crippen molar-refractivity contribution in [3.05, 3.63) is 45.3 Å². The second kappa shape index (κ2) is 5.93. The molecular weight excluding hydrogens is 338 g/mol. The van der Waals surface area contributed by atoms with Gasteiger partial charge in [0.2, 0.25) is 0 Å². The molecule has 6 heteroatoms. The lowest BCUT2D eigenvalue weighted by Crippen LogP contribution is -2.11. The van der Waals surface area contributed by atoms with Crippen molar-refractivity contribution in [2.24, 2.45) is 5.73 Å². The molecule has 0 aliphatic heterocycles. The van der Waals surface area contributed by atoms with Crippen LogP contribution in [0.5, 0.6) is 0 Å². The zero-order valence-corrected chi connectivity index (χ0v) is 13.9. The van der Waals surface area contributed by atoms with Gasteiger partial charge in [0.15, 0.2) is 0 Å². The fourth-order valence-electron chi connectivity index (χ4n) is 2.20. The van der Waals surface area contributed by atoms with Crippen molar-refractivity contribution in [2.75, 3.05) is 5.32 Å². The van der Waals surface area contributed by atoms with Crippen molar-refractivity contribution in [1.82, 2.24) is 5.16 Å². The number of hydrogen-bond acceptors (Lipinski definition) is 4. The Morgan fingerprint density at radius 2 is 2.15 bits per heavy atom. The number of nitrogens with two attached hydrogens (primary N) is 1. The van der Waals surface area contributed by atoms with Gasteiger partial charge in [-0.05, 0) is 54.9 Å². The normalized spacial score (nSPS) is 12.2. The van der Waals surface area contributed by atoms with Crippen LogP contribution in [-0.2, 0) is 0 Å². The fraction of sp³-hybridized carbons (Fsp3) is 0.286. The minimum Gasteiger partial charge on any atom is -0.389 e. The Morgan fingerprint density at radius 3 is 2.65 bits per heavy atom. The number of nitrogens with zero attached hydrogens (tertiary/aromatic N) is 1. The van der Waals surface area contributed by atoms with Gasteiger partial charge in [-0.2, -0.15) is 0 Å². The first kappa shape index (κ1) is 15.0. The predicted octanol–water partition coefficient (Wildman–Crippen LogP) is 3.86. The third-order valence-electron chi connectivity index (χ3n) is 3.15. The molecule has 106 valence electrons. The maximum Gasteiger partial charge on any atom is 0.139 e. The second-order valence-electron chi connectivity index (χ2n) is 4.66. The van der Waals surface area contributed by atoms with Gasteiger partial charge < -0.3 is 15.6 Å². The van der Waals surface area contributed by atoms with Crippen LogP contribution in [0.3, 0.4) is 0 Å². The van der Waals surface area contributed by atoms with Crippen molar-refractivity contribution >= 4 is 38.8 Å². The zero-order chi connectivity index (χ0) is 14.9. The van der Waals surface area contributed by atoms with Crippen LogP contribution in [0, 0.1) is 13.8 Å². The third kappa shape index (κ3) is 3.02. The number of nitrogens with one attached hydrogen (secondary N) is 1. The molecule has 0 saturated heterocycles. The highest BCUT2D eigenvalue weighted by molar-refractivity contribution is 9.10. The minimum absolute atomic E-state index is 0.0910. The highest BCUT2D eigenvalue weighted by atomic mass is 79.9. The molecule has 0 spiro atoms. The molecule has 1 aromatic heterocycles. The monoisotopic (exact) mass is 353 g/mol. The van der Waals surface area contributed by atoms with E-state index in [2.05, 4.69) is 33.3 Å². The molecule has 0 aliphatic carbocycles. The van der Waals surface area contributed by atoms with E-state index < -0.39 is 0 Å². The van der Waals surface area contributed by atoms with Crippen LogP contribution in [0.2, 0.25) is 0 Å². The lowest BCUT2D eigenvalue weighted by atomic mass is 10.1.